The van der Waals surface area contributed by atoms with Gasteiger partial charge in [-0.15, -0.1) is 0 Å². The van der Waals surface area contributed by atoms with E-state index in [-0.39, 0.29) is 22.7 Å². The normalized spacial score (nSPS) is 10.3. The molecule has 0 bridgehead atoms. The molecule has 0 aromatic heterocycles. The van der Waals surface area contributed by atoms with Gasteiger partial charge in [0.1, 0.15) is 5.82 Å². The zero-order valence-corrected chi connectivity index (χ0v) is 16.9. The van der Waals surface area contributed by atoms with Gasteiger partial charge in [0.25, 0.3) is 11.8 Å². The summed E-state index contributed by atoms with van der Waals surface area (Å²) in [5.74, 6) is -2.27. The van der Waals surface area contributed by atoms with Crippen molar-refractivity contribution in [3.05, 3.63) is 101 Å². The number of esters is 1. The smallest absolute Gasteiger partial charge is 0.339 e. The van der Waals surface area contributed by atoms with Crippen LogP contribution in [0.2, 0.25) is 0 Å². The number of anilines is 1. The zero-order chi connectivity index (χ0) is 22.2. The van der Waals surface area contributed by atoms with Crippen LogP contribution in [0.1, 0.15) is 26.3 Å². The van der Waals surface area contributed by atoms with Crippen molar-refractivity contribution in [2.24, 2.45) is 0 Å². The number of hydrogen-bond donors (Lipinski definition) is 1. The van der Waals surface area contributed by atoms with E-state index in [1.54, 1.807) is 19.2 Å². The van der Waals surface area contributed by atoms with Crippen molar-refractivity contribution in [2.45, 2.75) is 6.54 Å². The second kappa shape index (κ2) is 10.2. The van der Waals surface area contributed by atoms with Crippen LogP contribution in [0.25, 0.3) is 0 Å². The van der Waals surface area contributed by atoms with Crippen molar-refractivity contribution in [1.82, 2.24) is 4.90 Å². The quantitative estimate of drug-likeness (QED) is 0.589. The summed E-state index contributed by atoms with van der Waals surface area (Å²) in [5.41, 5.74) is 1.44. The highest BCUT2D eigenvalue weighted by molar-refractivity contribution is 6.05. The minimum absolute atomic E-state index is 0.0611. The van der Waals surface area contributed by atoms with Crippen molar-refractivity contribution >= 4 is 23.5 Å². The molecule has 0 aliphatic rings. The van der Waals surface area contributed by atoms with Gasteiger partial charge < -0.3 is 15.0 Å². The van der Waals surface area contributed by atoms with Gasteiger partial charge in [0.15, 0.2) is 6.61 Å². The van der Waals surface area contributed by atoms with Crippen LogP contribution in [0.3, 0.4) is 0 Å². The number of hydrogen-bond acceptors (Lipinski definition) is 4. The molecule has 7 heteroatoms. The Hall–Kier alpha value is -4.00. The number of carbonyl (C=O) groups excluding carboxylic acids is 3. The van der Waals surface area contributed by atoms with Crippen LogP contribution < -0.4 is 5.32 Å². The standard InChI is InChI=1S/C24H21FN2O4/c1-27(15-17-8-3-2-4-9-17)23(29)20-12-5-6-13-21(20)24(30)31-16-22(28)26-19-11-7-10-18(25)14-19/h2-14H,15-16H2,1H3,(H,26,28). The van der Waals surface area contributed by atoms with Crippen molar-refractivity contribution in [3.63, 3.8) is 0 Å². The van der Waals surface area contributed by atoms with Crippen LogP contribution in [-0.4, -0.2) is 36.3 Å². The Morgan fingerprint density at radius 2 is 1.58 bits per heavy atom. The van der Waals surface area contributed by atoms with E-state index in [0.29, 0.717) is 6.54 Å². The van der Waals surface area contributed by atoms with Gasteiger partial charge in [0.2, 0.25) is 0 Å². The van der Waals surface area contributed by atoms with E-state index in [0.717, 1.165) is 11.6 Å². The molecule has 0 saturated heterocycles. The number of carbonyl (C=O) groups is 3. The van der Waals surface area contributed by atoms with E-state index < -0.39 is 24.3 Å². The summed E-state index contributed by atoms with van der Waals surface area (Å²) in [6.45, 7) is -0.198. The van der Waals surface area contributed by atoms with Gasteiger partial charge in [0.05, 0.1) is 11.1 Å². The van der Waals surface area contributed by atoms with Gasteiger partial charge in [-0.25, -0.2) is 9.18 Å². The van der Waals surface area contributed by atoms with E-state index in [1.165, 1.54) is 35.2 Å². The molecule has 0 aliphatic carbocycles. The Labute approximate surface area is 179 Å². The van der Waals surface area contributed by atoms with E-state index in [2.05, 4.69) is 5.32 Å². The van der Waals surface area contributed by atoms with Gasteiger partial charge in [-0.3, -0.25) is 9.59 Å². The fourth-order valence-corrected chi connectivity index (χ4v) is 2.95. The summed E-state index contributed by atoms with van der Waals surface area (Å²) in [6, 6.07) is 21.1. The molecule has 0 saturated carbocycles. The lowest BCUT2D eigenvalue weighted by Crippen LogP contribution is -2.28. The highest BCUT2D eigenvalue weighted by atomic mass is 19.1. The second-order valence-corrected chi connectivity index (χ2v) is 6.83. The summed E-state index contributed by atoms with van der Waals surface area (Å²) < 4.78 is 18.3. The molecule has 2 amide bonds. The molecule has 3 aromatic carbocycles. The van der Waals surface area contributed by atoms with Crippen molar-refractivity contribution < 1.29 is 23.5 Å². The first-order valence-electron chi connectivity index (χ1n) is 9.55. The molecule has 3 rings (SSSR count). The summed E-state index contributed by atoms with van der Waals surface area (Å²) in [7, 11) is 1.64. The number of halogens is 1. The largest absolute Gasteiger partial charge is 0.452 e. The number of nitrogens with zero attached hydrogens (tertiary/aromatic N) is 1. The first-order valence-corrected chi connectivity index (χ1v) is 9.55. The van der Waals surface area contributed by atoms with Crippen LogP contribution in [0.5, 0.6) is 0 Å². The molecule has 0 unspecified atom stereocenters. The number of benzene rings is 3. The average molecular weight is 420 g/mol. The third-order valence-corrected chi connectivity index (χ3v) is 4.43. The van der Waals surface area contributed by atoms with Crippen LogP contribution >= 0.6 is 0 Å². The van der Waals surface area contributed by atoms with Gasteiger partial charge in [-0.1, -0.05) is 48.5 Å². The Kier molecular flexibility index (Phi) is 7.11. The number of rotatable bonds is 7. The first kappa shape index (κ1) is 21.7. The minimum Gasteiger partial charge on any atom is -0.452 e. The average Bonchev–Trinajstić information content (AvgIpc) is 2.77. The summed E-state index contributed by atoms with van der Waals surface area (Å²) in [5, 5.41) is 2.44. The lowest BCUT2D eigenvalue weighted by Gasteiger charge is -2.19. The van der Waals surface area contributed by atoms with E-state index in [9.17, 15) is 18.8 Å². The highest BCUT2D eigenvalue weighted by Crippen LogP contribution is 2.15. The molecule has 3 aromatic rings. The maximum Gasteiger partial charge on any atom is 0.339 e. The molecule has 1 N–H and O–H groups in total. The first-order chi connectivity index (χ1) is 14.9. The summed E-state index contributed by atoms with van der Waals surface area (Å²) in [6.07, 6.45) is 0. The maximum absolute atomic E-state index is 13.2. The van der Waals surface area contributed by atoms with Crippen LogP contribution in [-0.2, 0) is 16.1 Å². The third-order valence-electron chi connectivity index (χ3n) is 4.43. The maximum atomic E-state index is 13.2. The number of nitrogens with one attached hydrogen (secondary N) is 1. The molecule has 0 spiro atoms. The molecular formula is C24H21FN2O4. The van der Waals surface area contributed by atoms with Gasteiger partial charge in [-0.05, 0) is 35.9 Å². The van der Waals surface area contributed by atoms with Crippen LogP contribution in [0.4, 0.5) is 10.1 Å². The molecule has 0 aliphatic heterocycles. The Bertz CT molecular complexity index is 1090. The SMILES string of the molecule is CN(Cc1ccccc1)C(=O)c1ccccc1C(=O)OCC(=O)Nc1cccc(F)c1. The molecule has 0 heterocycles. The molecule has 0 atom stereocenters. The Morgan fingerprint density at radius 3 is 2.29 bits per heavy atom. The van der Waals surface area contributed by atoms with Gasteiger partial charge >= 0.3 is 5.97 Å². The molecule has 6 nitrogen and oxygen atoms in total. The predicted molar refractivity (Wildman–Crippen MR) is 114 cm³/mol. The Morgan fingerprint density at radius 1 is 0.903 bits per heavy atom. The van der Waals surface area contributed by atoms with Crippen molar-refractivity contribution in [1.29, 1.82) is 0 Å². The van der Waals surface area contributed by atoms with Gasteiger partial charge in [-0.2, -0.15) is 0 Å². The second-order valence-electron chi connectivity index (χ2n) is 6.83. The van der Waals surface area contributed by atoms with Crippen molar-refractivity contribution in [3.8, 4) is 0 Å². The molecule has 0 radical (unpaired) electrons. The lowest BCUT2D eigenvalue weighted by molar-refractivity contribution is -0.119. The molecular weight excluding hydrogens is 399 g/mol. The van der Waals surface area contributed by atoms with E-state index in [4.69, 9.17) is 4.74 Å². The van der Waals surface area contributed by atoms with Crippen LogP contribution in [0, 0.1) is 5.82 Å². The zero-order valence-electron chi connectivity index (χ0n) is 16.9. The summed E-state index contributed by atoms with van der Waals surface area (Å²) >= 11 is 0. The lowest BCUT2D eigenvalue weighted by atomic mass is 10.1. The molecule has 31 heavy (non-hydrogen) atoms. The minimum atomic E-state index is -0.800. The summed E-state index contributed by atoms with van der Waals surface area (Å²) in [4.78, 5) is 38.9. The fourth-order valence-electron chi connectivity index (χ4n) is 2.95. The molecule has 158 valence electrons. The Balaban J connectivity index is 1.64. The van der Waals surface area contributed by atoms with Crippen LogP contribution in [0.15, 0.2) is 78.9 Å². The van der Waals surface area contributed by atoms with Gasteiger partial charge in [0, 0.05) is 19.3 Å². The van der Waals surface area contributed by atoms with E-state index >= 15 is 0 Å². The highest BCUT2D eigenvalue weighted by Gasteiger charge is 2.21. The predicted octanol–water partition coefficient (Wildman–Crippen LogP) is 3.89. The molecule has 0 fully saturated rings. The third kappa shape index (κ3) is 5.99. The number of amides is 2. The van der Waals surface area contributed by atoms with Crippen molar-refractivity contribution in [2.75, 3.05) is 19.0 Å². The number of ether oxygens (including phenoxy) is 1. The fraction of sp³-hybridized carbons (Fsp3) is 0.125. The monoisotopic (exact) mass is 420 g/mol. The topological polar surface area (TPSA) is 75.7 Å². The van der Waals surface area contributed by atoms with E-state index in [1.807, 2.05) is 30.3 Å².